The lowest BCUT2D eigenvalue weighted by Crippen LogP contribution is -2.31. The van der Waals surface area contributed by atoms with Crippen molar-refractivity contribution in [2.45, 2.75) is 32.5 Å². The maximum absolute atomic E-state index is 13.7. The Morgan fingerprint density at radius 1 is 1.28 bits per heavy atom. The minimum Gasteiger partial charge on any atom is -0.493 e. The third kappa shape index (κ3) is 5.42. The highest BCUT2D eigenvalue weighted by Gasteiger charge is 2.14. The average Bonchev–Trinajstić information content (AvgIpc) is 2.62. The molecule has 0 aliphatic carbocycles. The summed E-state index contributed by atoms with van der Waals surface area (Å²) in [6.07, 6.45) is 0.846. The number of rotatable bonds is 9. The van der Waals surface area contributed by atoms with Crippen molar-refractivity contribution in [3.63, 3.8) is 0 Å². The van der Waals surface area contributed by atoms with E-state index in [0.29, 0.717) is 23.6 Å². The SMILES string of the molecule is CCC(CO)NCc1cc(Br)c(OCc2ccccc2F)c(OC)c1. The molecule has 0 aliphatic heterocycles. The summed E-state index contributed by atoms with van der Waals surface area (Å²) in [5.74, 6) is 0.802. The van der Waals surface area contributed by atoms with Gasteiger partial charge >= 0.3 is 0 Å². The maximum atomic E-state index is 13.7. The second-order valence-electron chi connectivity index (χ2n) is 5.66. The summed E-state index contributed by atoms with van der Waals surface area (Å²) < 4.78 is 25.7. The molecule has 0 radical (unpaired) electrons. The van der Waals surface area contributed by atoms with Gasteiger partial charge in [-0.3, -0.25) is 0 Å². The van der Waals surface area contributed by atoms with E-state index in [-0.39, 0.29) is 25.1 Å². The van der Waals surface area contributed by atoms with E-state index in [1.54, 1.807) is 25.3 Å². The molecule has 0 aromatic heterocycles. The lowest BCUT2D eigenvalue weighted by Gasteiger charge is -2.17. The molecule has 1 unspecified atom stereocenters. The highest BCUT2D eigenvalue weighted by molar-refractivity contribution is 9.10. The van der Waals surface area contributed by atoms with E-state index in [1.165, 1.54) is 6.07 Å². The van der Waals surface area contributed by atoms with Crippen molar-refractivity contribution < 1.29 is 19.0 Å². The lowest BCUT2D eigenvalue weighted by molar-refractivity contribution is 0.238. The Hall–Kier alpha value is -1.63. The van der Waals surface area contributed by atoms with Crippen molar-refractivity contribution >= 4 is 15.9 Å². The van der Waals surface area contributed by atoms with Gasteiger partial charge in [-0.15, -0.1) is 0 Å². The molecule has 0 saturated heterocycles. The second kappa shape index (κ2) is 9.75. The number of aliphatic hydroxyl groups excluding tert-OH is 1. The van der Waals surface area contributed by atoms with Crippen molar-refractivity contribution in [3.8, 4) is 11.5 Å². The fourth-order valence-corrected chi connectivity index (χ4v) is 2.98. The second-order valence-corrected chi connectivity index (χ2v) is 6.51. The minimum atomic E-state index is -0.298. The molecule has 1 atom stereocenters. The Morgan fingerprint density at radius 2 is 2.04 bits per heavy atom. The molecule has 2 N–H and O–H groups in total. The van der Waals surface area contributed by atoms with E-state index in [4.69, 9.17) is 9.47 Å². The van der Waals surface area contributed by atoms with Gasteiger partial charge in [0.1, 0.15) is 12.4 Å². The van der Waals surface area contributed by atoms with Gasteiger partial charge in [-0.05, 0) is 46.1 Å². The molecule has 2 rings (SSSR count). The molecule has 136 valence electrons. The zero-order chi connectivity index (χ0) is 18.2. The van der Waals surface area contributed by atoms with E-state index < -0.39 is 0 Å². The molecule has 6 heteroatoms. The maximum Gasteiger partial charge on any atom is 0.175 e. The van der Waals surface area contributed by atoms with Gasteiger partial charge in [-0.1, -0.05) is 25.1 Å². The Bertz CT molecular complexity index is 692. The van der Waals surface area contributed by atoms with Crippen LogP contribution in [-0.4, -0.2) is 24.9 Å². The summed E-state index contributed by atoms with van der Waals surface area (Å²) in [5.41, 5.74) is 1.48. The molecule has 0 amide bonds. The van der Waals surface area contributed by atoms with Crippen LogP contribution in [0.1, 0.15) is 24.5 Å². The minimum absolute atomic E-state index is 0.0572. The Labute approximate surface area is 156 Å². The highest BCUT2D eigenvalue weighted by Crippen LogP contribution is 2.37. The van der Waals surface area contributed by atoms with Gasteiger partial charge in [-0.2, -0.15) is 0 Å². The lowest BCUT2D eigenvalue weighted by atomic mass is 10.1. The number of hydrogen-bond acceptors (Lipinski definition) is 4. The van der Waals surface area contributed by atoms with Gasteiger partial charge in [0.05, 0.1) is 18.2 Å². The molecule has 0 spiro atoms. The molecule has 2 aromatic carbocycles. The first-order chi connectivity index (χ1) is 12.1. The summed E-state index contributed by atoms with van der Waals surface area (Å²) in [6, 6.07) is 10.4. The van der Waals surface area contributed by atoms with E-state index in [9.17, 15) is 9.50 Å². The number of hydrogen-bond donors (Lipinski definition) is 2. The monoisotopic (exact) mass is 411 g/mol. The van der Waals surface area contributed by atoms with E-state index in [2.05, 4.69) is 21.2 Å². The topological polar surface area (TPSA) is 50.7 Å². The summed E-state index contributed by atoms with van der Waals surface area (Å²) >= 11 is 3.50. The first kappa shape index (κ1) is 19.7. The van der Waals surface area contributed by atoms with Crippen LogP contribution >= 0.6 is 15.9 Å². The van der Waals surface area contributed by atoms with E-state index >= 15 is 0 Å². The van der Waals surface area contributed by atoms with Crippen LogP contribution in [0.25, 0.3) is 0 Å². The third-order valence-corrected chi connectivity index (χ3v) is 4.52. The molecular formula is C19H23BrFNO3. The van der Waals surface area contributed by atoms with Crippen molar-refractivity contribution in [1.29, 1.82) is 0 Å². The number of methoxy groups -OCH3 is 1. The van der Waals surface area contributed by atoms with Crippen LogP contribution in [0.2, 0.25) is 0 Å². The van der Waals surface area contributed by atoms with Crippen LogP contribution in [0, 0.1) is 5.82 Å². The fourth-order valence-electron chi connectivity index (χ4n) is 2.38. The van der Waals surface area contributed by atoms with Gasteiger partial charge in [0, 0.05) is 18.2 Å². The van der Waals surface area contributed by atoms with E-state index in [0.717, 1.165) is 16.5 Å². The number of ether oxygens (including phenoxy) is 2. The number of benzene rings is 2. The smallest absolute Gasteiger partial charge is 0.175 e. The first-order valence-electron chi connectivity index (χ1n) is 8.15. The van der Waals surface area contributed by atoms with Crippen LogP contribution in [-0.2, 0) is 13.2 Å². The molecule has 2 aromatic rings. The van der Waals surface area contributed by atoms with Crippen molar-refractivity contribution in [3.05, 3.63) is 57.8 Å². The van der Waals surface area contributed by atoms with Crippen LogP contribution in [0.5, 0.6) is 11.5 Å². The molecule has 25 heavy (non-hydrogen) atoms. The highest BCUT2D eigenvalue weighted by atomic mass is 79.9. The summed E-state index contributed by atoms with van der Waals surface area (Å²) in [5, 5.41) is 12.5. The standard InChI is InChI=1S/C19H23BrFNO3/c1-3-15(11-23)22-10-13-8-16(20)19(18(9-13)24-2)25-12-14-6-4-5-7-17(14)21/h4-9,15,22-23H,3,10-12H2,1-2H3. The number of nitrogens with one attached hydrogen (secondary N) is 1. The Kier molecular flexibility index (Phi) is 7.68. The molecular weight excluding hydrogens is 389 g/mol. The molecule has 0 bridgehead atoms. The van der Waals surface area contributed by atoms with Gasteiger partial charge in [0.25, 0.3) is 0 Å². The van der Waals surface area contributed by atoms with Crippen molar-refractivity contribution in [2.24, 2.45) is 0 Å². The third-order valence-electron chi connectivity index (χ3n) is 3.93. The molecule has 0 fully saturated rings. The predicted molar refractivity (Wildman–Crippen MR) is 99.4 cm³/mol. The molecule has 0 saturated carbocycles. The van der Waals surface area contributed by atoms with Crippen LogP contribution < -0.4 is 14.8 Å². The zero-order valence-corrected chi connectivity index (χ0v) is 16.0. The van der Waals surface area contributed by atoms with Gasteiger partial charge in [-0.25, -0.2) is 4.39 Å². The van der Waals surface area contributed by atoms with Crippen molar-refractivity contribution in [2.75, 3.05) is 13.7 Å². The number of halogens is 2. The first-order valence-corrected chi connectivity index (χ1v) is 8.95. The van der Waals surface area contributed by atoms with Gasteiger partial charge < -0.3 is 19.9 Å². The fraction of sp³-hybridized carbons (Fsp3) is 0.368. The quantitative estimate of drug-likeness (QED) is 0.653. The van der Waals surface area contributed by atoms with Crippen LogP contribution in [0.15, 0.2) is 40.9 Å². The molecule has 0 heterocycles. The normalized spacial score (nSPS) is 12.0. The summed E-state index contributed by atoms with van der Waals surface area (Å²) in [7, 11) is 1.57. The molecule has 0 aliphatic rings. The summed E-state index contributed by atoms with van der Waals surface area (Å²) in [4.78, 5) is 0. The Morgan fingerprint density at radius 3 is 2.68 bits per heavy atom. The van der Waals surface area contributed by atoms with Gasteiger partial charge in [0.15, 0.2) is 11.5 Å². The number of aliphatic hydroxyl groups is 1. The van der Waals surface area contributed by atoms with Crippen LogP contribution in [0.3, 0.4) is 0 Å². The van der Waals surface area contributed by atoms with Gasteiger partial charge in [0.2, 0.25) is 0 Å². The molecule has 4 nitrogen and oxygen atoms in total. The average molecular weight is 412 g/mol. The van der Waals surface area contributed by atoms with Crippen molar-refractivity contribution in [1.82, 2.24) is 5.32 Å². The Balaban J connectivity index is 2.12. The van der Waals surface area contributed by atoms with Crippen LogP contribution in [0.4, 0.5) is 4.39 Å². The van der Waals surface area contributed by atoms with E-state index in [1.807, 2.05) is 19.1 Å². The largest absolute Gasteiger partial charge is 0.493 e. The summed E-state index contributed by atoms with van der Waals surface area (Å²) in [6.45, 7) is 2.83. The predicted octanol–water partition coefficient (Wildman–Crippen LogP) is 4.04. The zero-order valence-electron chi connectivity index (χ0n) is 14.4.